The number of nitrogens with one attached hydrogen (secondary N) is 1. The van der Waals surface area contributed by atoms with Gasteiger partial charge in [-0.2, -0.15) is 4.98 Å². The van der Waals surface area contributed by atoms with Crippen molar-refractivity contribution in [1.29, 1.82) is 0 Å². The molecule has 1 aromatic carbocycles. The van der Waals surface area contributed by atoms with Crippen LogP contribution in [0.5, 0.6) is 0 Å². The van der Waals surface area contributed by atoms with Gasteiger partial charge < -0.3 is 9.84 Å². The van der Waals surface area contributed by atoms with E-state index < -0.39 is 11.6 Å². The Balaban J connectivity index is 1.98. The number of aromatic nitrogens is 2. The molecule has 0 amide bonds. The second-order valence-electron chi connectivity index (χ2n) is 5.06. The molecule has 0 spiro atoms. The second kappa shape index (κ2) is 7.26. The Morgan fingerprint density at radius 3 is 2.62 bits per heavy atom. The molecular formula is C15H19F2N3O. The van der Waals surface area contributed by atoms with E-state index in [2.05, 4.69) is 29.3 Å². The van der Waals surface area contributed by atoms with Crippen molar-refractivity contribution in [1.82, 2.24) is 15.5 Å². The van der Waals surface area contributed by atoms with Gasteiger partial charge in [-0.15, -0.1) is 0 Å². The predicted molar refractivity (Wildman–Crippen MR) is 75.7 cm³/mol. The molecular weight excluding hydrogens is 276 g/mol. The van der Waals surface area contributed by atoms with Crippen LogP contribution >= 0.6 is 0 Å². The second-order valence-corrected chi connectivity index (χ2v) is 5.06. The van der Waals surface area contributed by atoms with Crippen LogP contribution in [0.3, 0.4) is 0 Å². The van der Waals surface area contributed by atoms with Crippen molar-refractivity contribution in [3.8, 4) is 11.4 Å². The zero-order valence-corrected chi connectivity index (χ0v) is 12.2. The van der Waals surface area contributed by atoms with Crippen molar-refractivity contribution >= 4 is 0 Å². The van der Waals surface area contributed by atoms with Crippen molar-refractivity contribution in [3.63, 3.8) is 0 Å². The molecule has 0 aliphatic carbocycles. The van der Waals surface area contributed by atoms with Gasteiger partial charge in [-0.3, -0.25) is 0 Å². The quantitative estimate of drug-likeness (QED) is 0.851. The third kappa shape index (κ3) is 4.60. The highest BCUT2D eigenvalue weighted by Gasteiger charge is 2.12. The van der Waals surface area contributed by atoms with Crippen molar-refractivity contribution in [2.45, 2.75) is 39.2 Å². The maximum absolute atomic E-state index is 13.2. The van der Waals surface area contributed by atoms with E-state index in [0.29, 0.717) is 18.4 Å². The van der Waals surface area contributed by atoms with Crippen LogP contribution in [0, 0.1) is 11.6 Å². The monoisotopic (exact) mass is 295 g/mol. The highest BCUT2D eigenvalue weighted by Crippen LogP contribution is 2.19. The molecule has 2 rings (SSSR count). The topological polar surface area (TPSA) is 51.0 Å². The third-order valence-corrected chi connectivity index (χ3v) is 3.12. The van der Waals surface area contributed by atoms with Gasteiger partial charge in [0.2, 0.25) is 11.7 Å². The highest BCUT2D eigenvalue weighted by molar-refractivity contribution is 5.54. The lowest BCUT2D eigenvalue weighted by Gasteiger charge is -2.10. The third-order valence-electron chi connectivity index (χ3n) is 3.12. The SMILES string of the molecule is CCCNC(C)CCc1nc(-c2cc(F)cc(F)c2)no1. The Bertz CT molecular complexity index is 566. The summed E-state index contributed by atoms with van der Waals surface area (Å²) in [5, 5.41) is 7.14. The molecule has 0 saturated carbocycles. The van der Waals surface area contributed by atoms with Crippen LogP contribution in [0.4, 0.5) is 8.78 Å². The lowest BCUT2D eigenvalue weighted by molar-refractivity contribution is 0.367. The Hall–Kier alpha value is -1.82. The van der Waals surface area contributed by atoms with E-state index in [4.69, 9.17) is 4.52 Å². The number of nitrogens with zero attached hydrogens (tertiary/aromatic N) is 2. The molecule has 1 N–H and O–H groups in total. The summed E-state index contributed by atoms with van der Waals surface area (Å²) in [7, 11) is 0. The van der Waals surface area contributed by atoms with Gasteiger partial charge in [0.05, 0.1) is 0 Å². The Morgan fingerprint density at radius 1 is 1.24 bits per heavy atom. The van der Waals surface area contributed by atoms with Crippen LogP contribution in [0.2, 0.25) is 0 Å². The molecule has 2 aromatic rings. The van der Waals surface area contributed by atoms with Gasteiger partial charge in [-0.1, -0.05) is 12.1 Å². The first-order valence-corrected chi connectivity index (χ1v) is 7.11. The Labute approximate surface area is 122 Å². The number of rotatable bonds is 7. The summed E-state index contributed by atoms with van der Waals surface area (Å²) >= 11 is 0. The highest BCUT2D eigenvalue weighted by atomic mass is 19.1. The van der Waals surface area contributed by atoms with E-state index in [0.717, 1.165) is 25.5 Å². The molecule has 1 atom stereocenters. The molecule has 0 radical (unpaired) electrons. The first kappa shape index (κ1) is 15.6. The molecule has 6 heteroatoms. The fraction of sp³-hybridized carbons (Fsp3) is 0.467. The predicted octanol–water partition coefficient (Wildman–Crippen LogP) is 3.34. The fourth-order valence-corrected chi connectivity index (χ4v) is 1.99. The average molecular weight is 295 g/mol. The molecule has 0 bridgehead atoms. The molecule has 0 fully saturated rings. The van der Waals surface area contributed by atoms with Crippen LogP contribution < -0.4 is 5.32 Å². The minimum Gasteiger partial charge on any atom is -0.339 e. The summed E-state index contributed by atoms with van der Waals surface area (Å²) in [4.78, 5) is 4.18. The zero-order chi connectivity index (χ0) is 15.2. The first-order chi connectivity index (χ1) is 10.1. The lowest BCUT2D eigenvalue weighted by atomic mass is 10.2. The van der Waals surface area contributed by atoms with Crippen LogP contribution in [-0.4, -0.2) is 22.7 Å². The summed E-state index contributed by atoms with van der Waals surface area (Å²) in [5.41, 5.74) is 0.277. The largest absolute Gasteiger partial charge is 0.339 e. The fourth-order valence-electron chi connectivity index (χ4n) is 1.99. The van der Waals surface area contributed by atoms with E-state index in [1.54, 1.807) is 0 Å². The summed E-state index contributed by atoms with van der Waals surface area (Å²) in [6.45, 7) is 5.18. The van der Waals surface area contributed by atoms with Gasteiger partial charge in [-0.25, -0.2) is 8.78 Å². The molecule has 114 valence electrons. The zero-order valence-electron chi connectivity index (χ0n) is 12.2. The standard InChI is InChI=1S/C15H19F2N3O/c1-3-6-18-10(2)4-5-14-19-15(20-21-14)11-7-12(16)9-13(17)8-11/h7-10,18H,3-6H2,1-2H3. The van der Waals surface area contributed by atoms with Crippen LogP contribution in [0.15, 0.2) is 22.7 Å². The number of halogens is 2. The van der Waals surface area contributed by atoms with Crippen molar-refractivity contribution < 1.29 is 13.3 Å². The van der Waals surface area contributed by atoms with Crippen molar-refractivity contribution in [3.05, 3.63) is 35.7 Å². The maximum atomic E-state index is 13.2. The lowest BCUT2D eigenvalue weighted by Crippen LogP contribution is -2.27. The summed E-state index contributed by atoms with van der Waals surface area (Å²) < 4.78 is 31.4. The normalized spacial score (nSPS) is 12.6. The number of hydrogen-bond acceptors (Lipinski definition) is 4. The van der Waals surface area contributed by atoms with Gasteiger partial charge >= 0.3 is 0 Å². The van der Waals surface area contributed by atoms with Gasteiger partial charge in [-0.05, 0) is 38.4 Å². The average Bonchev–Trinajstić information content (AvgIpc) is 2.90. The minimum atomic E-state index is -0.659. The van der Waals surface area contributed by atoms with Gasteiger partial charge in [0.25, 0.3) is 0 Å². The summed E-state index contributed by atoms with van der Waals surface area (Å²) in [5.74, 6) is -0.639. The summed E-state index contributed by atoms with van der Waals surface area (Å²) in [6.07, 6.45) is 2.57. The molecule has 0 aliphatic rings. The number of hydrogen-bond donors (Lipinski definition) is 1. The maximum Gasteiger partial charge on any atom is 0.227 e. The van der Waals surface area contributed by atoms with E-state index in [1.165, 1.54) is 12.1 Å². The van der Waals surface area contributed by atoms with Gasteiger partial charge in [0.15, 0.2) is 0 Å². The van der Waals surface area contributed by atoms with E-state index in [-0.39, 0.29) is 11.4 Å². The molecule has 4 nitrogen and oxygen atoms in total. The number of aryl methyl sites for hydroxylation is 1. The molecule has 21 heavy (non-hydrogen) atoms. The molecule has 1 heterocycles. The minimum absolute atomic E-state index is 0.206. The molecule has 1 aromatic heterocycles. The molecule has 0 saturated heterocycles. The smallest absolute Gasteiger partial charge is 0.227 e. The van der Waals surface area contributed by atoms with E-state index >= 15 is 0 Å². The van der Waals surface area contributed by atoms with Crippen LogP contribution in [0.25, 0.3) is 11.4 Å². The first-order valence-electron chi connectivity index (χ1n) is 7.11. The van der Waals surface area contributed by atoms with Crippen LogP contribution in [-0.2, 0) is 6.42 Å². The van der Waals surface area contributed by atoms with E-state index in [9.17, 15) is 8.78 Å². The molecule has 1 unspecified atom stereocenters. The van der Waals surface area contributed by atoms with Gasteiger partial charge in [0.1, 0.15) is 11.6 Å². The Morgan fingerprint density at radius 2 is 1.95 bits per heavy atom. The van der Waals surface area contributed by atoms with E-state index in [1.807, 2.05) is 0 Å². The Kier molecular flexibility index (Phi) is 5.38. The van der Waals surface area contributed by atoms with Crippen LogP contribution in [0.1, 0.15) is 32.6 Å². The van der Waals surface area contributed by atoms with Crippen molar-refractivity contribution in [2.24, 2.45) is 0 Å². The van der Waals surface area contributed by atoms with Gasteiger partial charge in [0, 0.05) is 24.1 Å². The molecule has 0 aliphatic heterocycles. The number of benzene rings is 1. The summed E-state index contributed by atoms with van der Waals surface area (Å²) in [6, 6.07) is 3.53. The van der Waals surface area contributed by atoms with Crippen molar-refractivity contribution in [2.75, 3.05) is 6.54 Å².